The molecule has 0 saturated carbocycles. The van der Waals surface area contributed by atoms with E-state index in [1.807, 2.05) is 0 Å². The fourth-order valence-corrected chi connectivity index (χ4v) is 2.16. The predicted octanol–water partition coefficient (Wildman–Crippen LogP) is -0.995. The third kappa shape index (κ3) is 18.4. The van der Waals surface area contributed by atoms with Crippen LogP contribution in [0.2, 0.25) is 19.1 Å². The second-order valence-corrected chi connectivity index (χ2v) is 9.75. The first-order chi connectivity index (χ1) is 6.37. The van der Waals surface area contributed by atoms with Gasteiger partial charge in [-0.3, -0.25) is 0 Å². The Bertz CT molecular complexity index is 122. The summed E-state index contributed by atoms with van der Waals surface area (Å²) >= 11 is 0. The zero-order valence-corrected chi connectivity index (χ0v) is 15.7. The van der Waals surface area contributed by atoms with Crippen LogP contribution in [0.25, 0.3) is 0 Å². The van der Waals surface area contributed by atoms with Crippen molar-refractivity contribution in [2.24, 2.45) is 0 Å². The molecule has 0 radical (unpaired) electrons. The van der Waals surface area contributed by atoms with Crippen molar-refractivity contribution >= 4 is 39.8 Å². The Labute approximate surface area is 93.3 Å². The van der Waals surface area contributed by atoms with Gasteiger partial charge < -0.3 is 8.23 Å². The molecule has 0 aromatic carbocycles. The van der Waals surface area contributed by atoms with E-state index >= 15 is 0 Å². The van der Waals surface area contributed by atoms with E-state index in [2.05, 4.69) is 6.55 Å². The first-order valence-corrected chi connectivity index (χ1v) is 10.5. The highest BCUT2D eigenvalue weighted by Crippen LogP contribution is 2.22. The zero-order chi connectivity index (χ0) is 11.6. The van der Waals surface area contributed by atoms with E-state index in [0.717, 1.165) is 10.5 Å². The largest absolute Gasteiger partial charge is 0.468 e. The molecule has 0 aromatic heterocycles. The van der Waals surface area contributed by atoms with Gasteiger partial charge in [0, 0.05) is 6.42 Å². The maximum atomic E-state index is 11.5. The van der Waals surface area contributed by atoms with Crippen LogP contribution in [0.4, 0.5) is 13.2 Å². The van der Waals surface area contributed by atoms with E-state index < -0.39 is 21.6 Å². The van der Waals surface area contributed by atoms with Gasteiger partial charge in [0.2, 0.25) is 0 Å². The smallest absolute Gasteiger partial charge is 0.388 e. The lowest BCUT2D eigenvalue weighted by Crippen LogP contribution is -2.16. The van der Waals surface area contributed by atoms with Crippen LogP contribution in [0.5, 0.6) is 0 Å². The molecule has 0 aliphatic heterocycles. The summed E-state index contributed by atoms with van der Waals surface area (Å²) in [6.45, 7) is 3.92. The third-order valence-corrected chi connectivity index (χ3v) is 8.16. The molecule has 0 spiro atoms. The summed E-state index contributed by atoms with van der Waals surface area (Å²) in [5.74, 6) is 0. The second kappa shape index (κ2) is 10.1. The van der Waals surface area contributed by atoms with Crippen LogP contribution in [-0.4, -0.2) is 46.0 Å². The van der Waals surface area contributed by atoms with Crippen molar-refractivity contribution in [2.45, 2.75) is 31.7 Å². The van der Waals surface area contributed by atoms with Crippen molar-refractivity contribution < 1.29 is 21.4 Å². The minimum Gasteiger partial charge on any atom is -0.468 e. The molecule has 0 aromatic rings. The van der Waals surface area contributed by atoms with Gasteiger partial charge in [0.15, 0.2) is 9.04 Å². The van der Waals surface area contributed by atoms with Crippen molar-refractivity contribution in [1.82, 2.24) is 0 Å². The lowest BCUT2D eigenvalue weighted by molar-refractivity contribution is -0.130. The summed E-state index contributed by atoms with van der Waals surface area (Å²) < 4.78 is 44.3. The molecule has 1 unspecified atom stereocenters. The number of rotatable bonds is 4. The number of hydrogen-bond donors (Lipinski definition) is 0. The quantitative estimate of drug-likeness (QED) is 0.616. The standard InChI is InChI=1S/C4H11F3OSi2.CH8OSi2/c1-10(8-9)3-2-4(5,6)7;1-4-2-3/h10H,2-3H2,1,9H3;4H2,1,3H3. The lowest BCUT2D eigenvalue weighted by atomic mass is 10.5. The van der Waals surface area contributed by atoms with Crippen LogP contribution in [0.3, 0.4) is 0 Å². The normalized spacial score (nSPS) is 14.4. The predicted molar refractivity (Wildman–Crippen MR) is 64.9 cm³/mol. The Morgan fingerprint density at radius 1 is 1.36 bits per heavy atom. The van der Waals surface area contributed by atoms with Crippen molar-refractivity contribution in [3.05, 3.63) is 0 Å². The molecule has 0 fully saturated rings. The van der Waals surface area contributed by atoms with Gasteiger partial charge in [-0.15, -0.1) is 0 Å². The highest BCUT2D eigenvalue weighted by atomic mass is 28.3. The van der Waals surface area contributed by atoms with Crippen LogP contribution in [0.15, 0.2) is 0 Å². The summed E-state index contributed by atoms with van der Waals surface area (Å²) in [6, 6.07) is 0.215. The highest BCUT2D eigenvalue weighted by molar-refractivity contribution is 6.54. The van der Waals surface area contributed by atoms with E-state index in [4.69, 9.17) is 8.23 Å². The highest BCUT2D eigenvalue weighted by Gasteiger charge is 2.27. The zero-order valence-electron chi connectivity index (χ0n) is 9.15. The topological polar surface area (TPSA) is 18.5 Å². The molecule has 1 atom stereocenters. The first-order valence-electron chi connectivity index (χ1n) is 4.45. The fourth-order valence-electron chi connectivity index (χ4n) is 0.485. The molecule has 0 bridgehead atoms. The molecular formula is C5H19F3O2Si4. The van der Waals surface area contributed by atoms with Crippen LogP contribution < -0.4 is 0 Å². The van der Waals surface area contributed by atoms with E-state index in [0.29, 0.717) is 10.5 Å². The summed E-state index contributed by atoms with van der Waals surface area (Å²) in [5, 5.41) is 0. The minimum absolute atomic E-state index is 0.0139. The van der Waals surface area contributed by atoms with E-state index in [1.165, 1.54) is 0 Å². The maximum Gasteiger partial charge on any atom is 0.388 e. The number of hydrogen-bond acceptors (Lipinski definition) is 2. The van der Waals surface area contributed by atoms with E-state index in [1.54, 1.807) is 6.55 Å². The molecule has 0 aliphatic carbocycles. The van der Waals surface area contributed by atoms with Crippen molar-refractivity contribution in [2.75, 3.05) is 0 Å². The van der Waals surface area contributed by atoms with E-state index in [9.17, 15) is 13.2 Å². The summed E-state index contributed by atoms with van der Waals surface area (Å²) in [7, 11) is 0.0664. The van der Waals surface area contributed by atoms with Crippen LogP contribution in [0.1, 0.15) is 6.42 Å². The molecule has 2 nitrogen and oxygen atoms in total. The van der Waals surface area contributed by atoms with Crippen LogP contribution in [0, 0.1) is 0 Å². The summed E-state index contributed by atoms with van der Waals surface area (Å²) in [5.41, 5.74) is 0. The molecule has 88 valence electrons. The van der Waals surface area contributed by atoms with Gasteiger partial charge in [0.05, 0.1) is 0 Å². The second-order valence-electron chi connectivity index (χ2n) is 2.78. The number of alkyl halides is 3. The fraction of sp³-hybridized carbons (Fsp3) is 1.00. The van der Waals surface area contributed by atoms with Gasteiger partial charge in [0.25, 0.3) is 0 Å². The Morgan fingerprint density at radius 3 is 2.00 bits per heavy atom. The lowest BCUT2D eigenvalue weighted by Gasteiger charge is -2.09. The van der Waals surface area contributed by atoms with Gasteiger partial charge in [0.1, 0.15) is 30.7 Å². The molecule has 0 N–H and O–H groups in total. The molecule has 0 rings (SSSR count). The van der Waals surface area contributed by atoms with Crippen molar-refractivity contribution in [3.8, 4) is 0 Å². The van der Waals surface area contributed by atoms with Gasteiger partial charge in [-0.25, -0.2) is 0 Å². The van der Waals surface area contributed by atoms with Crippen LogP contribution in [-0.2, 0) is 8.23 Å². The van der Waals surface area contributed by atoms with E-state index in [-0.39, 0.29) is 15.8 Å². The van der Waals surface area contributed by atoms with Crippen LogP contribution >= 0.6 is 0 Å². The van der Waals surface area contributed by atoms with Gasteiger partial charge >= 0.3 is 6.18 Å². The van der Waals surface area contributed by atoms with Gasteiger partial charge in [-0.1, -0.05) is 6.55 Å². The molecule has 14 heavy (non-hydrogen) atoms. The maximum absolute atomic E-state index is 11.5. The molecular weight excluding hydrogens is 261 g/mol. The molecule has 9 heteroatoms. The third-order valence-electron chi connectivity index (χ3n) is 1.53. The Morgan fingerprint density at radius 2 is 1.79 bits per heavy atom. The molecule has 0 saturated heterocycles. The minimum atomic E-state index is -4.00. The Balaban J connectivity index is 0. The van der Waals surface area contributed by atoms with Gasteiger partial charge in [-0.2, -0.15) is 13.2 Å². The molecule has 0 amide bonds. The molecule has 0 aliphatic rings. The Hall–Kier alpha value is 0.578. The first kappa shape index (κ1) is 17.0. The van der Waals surface area contributed by atoms with Gasteiger partial charge in [-0.05, 0) is 12.6 Å². The molecule has 0 heterocycles. The Kier molecular flexibility index (Phi) is 12.3. The SMILES string of the molecule is C[SiH2]O[SiH3].C[SiH](CCC(F)(F)F)O[SiH3]. The average molecular weight is 281 g/mol. The number of halogens is 3. The van der Waals surface area contributed by atoms with Crippen molar-refractivity contribution in [3.63, 3.8) is 0 Å². The van der Waals surface area contributed by atoms with Crippen molar-refractivity contribution in [1.29, 1.82) is 0 Å². The monoisotopic (exact) mass is 280 g/mol. The average Bonchev–Trinajstić information content (AvgIpc) is 2.13. The summed E-state index contributed by atoms with van der Waals surface area (Å²) in [4.78, 5) is 0. The summed E-state index contributed by atoms with van der Waals surface area (Å²) in [6.07, 6.45) is -4.68.